The Kier molecular flexibility index (Phi) is 5.88. The van der Waals surface area contributed by atoms with E-state index in [1.807, 2.05) is 0 Å². The van der Waals surface area contributed by atoms with E-state index < -0.39 is 23.3 Å². The Balaban J connectivity index is 2.43. The molecule has 0 unspecified atom stereocenters. The number of amides is 1. The van der Waals surface area contributed by atoms with E-state index in [-0.39, 0.29) is 5.56 Å². The summed E-state index contributed by atoms with van der Waals surface area (Å²) in [6.45, 7) is 7.31. The third-order valence-electron chi connectivity index (χ3n) is 2.66. The fourth-order valence-corrected chi connectivity index (χ4v) is 1.63. The highest BCUT2D eigenvalue weighted by Crippen LogP contribution is 2.17. The molecule has 3 nitrogen and oxygen atoms in total. The van der Waals surface area contributed by atoms with E-state index in [0.717, 1.165) is 6.07 Å². The van der Waals surface area contributed by atoms with Crippen LogP contribution in [0.2, 0.25) is 0 Å². The van der Waals surface area contributed by atoms with Gasteiger partial charge in [0.15, 0.2) is 11.6 Å². The van der Waals surface area contributed by atoms with Crippen LogP contribution in [0.25, 0.3) is 6.08 Å². The molecule has 0 saturated carbocycles. The van der Waals surface area contributed by atoms with E-state index in [1.54, 1.807) is 32.9 Å². The molecule has 0 radical (unpaired) electrons. The first-order valence-corrected chi connectivity index (χ1v) is 6.78. The zero-order valence-electron chi connectivity index (χ0n) is 12.8. The Hall–Kier alpha value is -1.91. The van der Waals surface area contributed by atoms with Crippen molar-refractivity contribution < 1.29 is 18.3 Å². The number of alkyl carbamates (subject to hydrolysis) is 1. The van der Waals surface area contributed by atoms with Crippen LogP contribution in [-0.2, 0) is 4.74 Å². The van der Waals surface area contributed by atoms with Gasteiger partial charge in [0.25, 0.3) is 0 Å². The number of hydrogen-bond acceptors (Lipinski definition) is 2. The molecule has 0 spiro atoms. The molecular formula is C16H21F2NO2. The first-order chi connectivity index (χ1) is 9.70. The molecule has 1 rings (SSSR count). The molecule has 0 saturated heterocycles. The number of carbonyl (C=O) groups is 1. The number of benzene rings is 1. The zero-order chi connectivity index (χ0) is 16.0. The maximum Gasteiger partial charge on any atom is 0.407 e. The summed E-state index contributed by atoms with van der Waals surface area (Å²) in [5, 5.41) is 2.61. The van der Waals surface area contributed by atoms with Crippen molar-refractivity contribution in [2.24, 2.45) is 0 Å². The zero-order valence-corrected chi connectivity index (χ0v) is 12.8. The van der Waals surface area contributed by atoms with Gasteiger partial charge in [-0.25, -0.2) is 13.6 Å². The highest BCUT2D eigenvalue weighted by atomic mass is 19.2. The van der Waals surface area contributed by atoms with Crippen LogP contribution in [0.4, 0.5) is 13.6 Å². The van der Waals surface area contributed by atoms with Crippen molar-refractivity contribution in [3.8, 4) is 0 Å². The van der Waals surface area contributed by atoms with Gasteiger partial charge in [0.1, 0.15) is 5.60 Å². The lowest BCUT2D eigenvalue weighted by Crippen LogP contribution is -2.32. The lowest BCUT2D eigenvalue weighted by molar-refractivity contribution is 0.0529. The number of rotatable bonds is 4. The van der Waals surface area contributed by atoms with Gasteiger partial charge in [-0.05, 0) is 51.3 Å². The Morgan fingerprint density at radius 3 is 2.62 bits per heavy atom. The minimum Gasteiger partial charge on any atom is -0.444 e. The molecule has 0 aromatic heterocycles. The molecule has 5 heteroatoms. The smallest absolute Gasteiger partial charge is 0.407 e. The predicted molar refractivity (Wildman–Crippen MR) is 79.0 cm³/mol. The topological polar surface area (TPSA) is 38.3 Å². The fourth-order valence-electron chi connectivity index (χ4n) is 1.63. The molecule has 1 amide bonds. The third kappa shape index (κ3) is 5.94. The molecule has 0 aliphatic rings. The lowest BCUT2D eigenvalue weighted by atomic mass is 10.1. The van der Waals surface area contributed by atoms with E-state index in [9.17, 15) is 13.6 Å². The van der Waals surface area contributed by atoms with Crippen LogP contribution < -0.4 is 5.32 Å². The van der Waals surface area contributed by atoms with Crippen molar-refractivity contribution in [3.05, 3.63) is 41.0 Å². The largest absolute Gasteiger partial charge is 0.444 e. The van der Waals surface area contributed by atoms with Gasteiger partial charge < -0.3 is 10.1 Å². The number of halogens is 2. The average Bonchev–Trinajstić information content (AvgIpc) is 2.36. The summed E-state index contributed by atoms with van der Waals surface area (Å²) >= 11 is 0. The second-order valence-electron chi connectivity index (χ2n) is 5.70. The molecule has 0 fully saturated rings. The van der Waals surface area contributed by atoms with E-state index in [1.165, 1.54) is 13.0 Å². The van der Waals surface area contributed by atoms with Crippen molar-refractivity contribution in [3.63, 3.8) is 0 Å². The van der Waals surface area contributed by atoms with Crippen molar-refractivity contribution in [2.45, 2.75) is 39.7 Å². The number of carbonyl (C=O) groups excluding carboxylic acids is 1. The monoisotopic (exact) mass is 297 g/mol. The summed E-state index contributed by atoms with van der Waals surface area (Å²) in [7, 11) is 0. The Labute approximate surface area is 124 Å². The van der Waals surface area contributed by atoms with Crippen LogP contribution in [0.15, 0.2) is 18.2 Å². The van der Waals surface area contributed by atoms with Gasteiger partial charge in [0.2, 0.25) is 0 Å². The van der Waals surface area contributed by atoms with Gasteiger partial charge in [-0.2, -0.15) is 0 Å². The van der Waals surface area contributed by atoms with Gasteiger partial charge >= 0.3 is 6.09 Å². The summed E-state index contributed by atoms with van der Waals surface area (Å²) in [5.74, 6) is -1.68. The Bertz CT molecular complexity index is 534. The van der Waals surface area contributed by atoms with Crippen LogP contribution in [0.5, 0.6) is 0 Å². The van der Waals surface area contributed by atoms with E-state index in [4.69, 9.17) is 4.74 Å². The number of hydrogen-bond donors (Lipinski definition) is 1. The molecule has 1 N–H and O–H groups in total. The standard InChI is InChI=1S/C16H21F2NO2/c1-11-12(8-9-13(17)14(11)18)7-5-6-10-19-15(20)21-16(2,3)4/h5,7-9H,6,10H2,1-4H3,(H,19,20). The van der Waals surface area contributed by atoms with Gasteiger partial charge in [-0.3, -0.25) is 0 Å². The summed E-state index contributed by atoms with van der Waals surface area (Å²) < 4.78 is 31.4. The number of nitrogens with one attached hydrogen (secondary N) is 1. The first-order valence-electron chi connectivity index (χ1n) is 6.78. The van der Waals surface area contributed by atoms with Crippen molar-refractivity contribution >= 4 is 12.2 Å². The van der Waals surface area contributed by atoms with Crippen LogP contribution >= 0.6 is 0 Å². The molecule has 0 atom stereocenters. The maximum atomic E-state index is 13.3. The lowest BCUT2D eigenvalue weighted by Gasteiger charge is -2.19. The second-order valence-corrected chi connectivity index (χ2v) is 5.70. The van der Waals surface area contributed by atoms with Gasteiger partial charge in [-0.1, -0.05) is 18.2 Å². The average molecular weight is 297 g/mol. The minimum absolute atomic E-state index is 0.270. The van der Waals surface area contributed by atoms with Gasteiger partial charge in [0.05, 0.1) is 0 Å². The highest BCUT2D eigenvalue weighted by Gasteiger charge is 2.15. The number of ether oxygens (including phenoxy) is 1. The SMILES string of the molecule is Cc1c(C=CCCNC(=O)OC(C)(C)C)ccc(F)c1F. The van der Waals surface area contributed by atoms with E-state index in [0.29, 0.717) is 18.5 Å². The summed E-state index contributed by atoms with van der Waals surface area (Å²) in [5.41, 5.74) is 0.361. The van der Waals surface area contributed by atoms with Crippen LogP contribution in [-0.4, -0.2) is 18.2 Å². The van der Waals surface area contributed by atoms with E-state index >= 15 is 0 Å². The summed E-state index contributed by atoms with van der Waals surface area (Å²) in [6.07, 6.45) is 3.59. The summed E-state index contributed by atoms with van der Waals surface area (Å²) in [6, 6.07) is 2.62. The Morgan fingerprint density at radius 2 is 2.00 bits per heavy atom. The van der Waals surface area contributed by atoms with Crippen molar-refractivity contribution in [1.29, 1.82) is 0 Å². The van der Waals surface area contributed by atoms with Crippen molar-refractivity contribution in [2.75, 3.05) is 6.54 Å². The molecule has 1 aromatic carbocycles. The predicted octanol–water partition coefficient (Wildman–Crippen LogP) is 4.20. The molecule has 0 aliphatic carbocycles. The molecule has 0 aliphatic heterocycles. The minimum atomic E-state index is -0.851. The van der Waals surface area contributed by atoms with E-state index in [2.05, 4.69) is 5.32 Å². The maximum absolute atomic E-state index is 13.3. The van der Waals surface area contributed by atoms with Crippen LogP contribution in [0.3, 0.4) is 0 Å². The van der Waals surface area contributed by atoms with Gasteiger partial charge in [0, 0.05) is 6.54 Å². The summed E-state index contributed by atoms with van der Waals surface area (Å²) in [4.78, 5) is 11.4. The fraction of sp³-hybridized carbons (Fsp3) is 0.438. The van der Waals surface area contributed by atoms with Crippen molar-refractivity contribution in [1.82, 2.24) is 5.32 Å². The molecular weight excluding hydrogens is 276 g/mol. The normalized spacial score (nSPS) is 11.7. The van der Waals surface area contributed by atoms with Crippen LogP contribution in [0, 0.1) is 18.6 Å². The third-order valence-corrected chi connectivity index (χ3v) is 2.66. The Morgan fingerprint density at radius 1 is 1.33 bits per heavy atom. The molecule has 1 aromatic rings. The molecule has 21 heavy (non-hydrogen) atoms. The van der Waals surface area contributed by atoms with Gasteiger partial charge in [-0.15, -0.1) is 0 Å². The first kappa shape index (κ1) is 17.1. The quantitative estimate of drug-likeness (QED) is 0.846. The highest BCUT2D eigenvalue weighted by molar-refractivity contribution is 5.67. The molecule has 116 valence electrons. The second kappa shape index (κ2) is 7.20. The molecule has 0 heterocycles. The van der Waals surface area contributed by atoms with Crippen LogP contribution in [0.1, 0.15) is 38.3 Å². The molecule has 0 bridgehead atoms.